The van der Waals surface area contributed by atoms with Crippen molar-refractivity contribution in [3.63, 3.8) is 0 Å². The minimum atomic E-state index is -4.98. The number of thioether (sulfide) groups is 1. The van der Waals surface area contributed by atoms with Crippen LogP contribution in [0.3, 0.4) is 0 Å². The van der Waals surface area contributed by atoms with Gasteiger partial charge in [0.15, 0.2) is 0 Å². The van der Waals surface area contributed by atoms with Gasteiger partial charge in [-0.1, -0.05) is 66.0 Å². The summed E-state index contributed by atoms with van der Waals surface area (Å²) in [7, 11) is 0. The summed E-state index contributed by atoms with van der Waals surface area (Å²) in [6.07, 6.45) is -6.59. The van der Waals surface area contributed by atoms with Crippen LogP contribution in [0.15, 0.2) is 43.0 Å². The van der Waals surface area contributed by atoms with E-state index in [4.69, 9.17) is 40.5 Å². The fourth-order valence-corrected chi connectivity index (χ4v) is 5.03. The van der Waals surface area contributed by atoms with Crippen LogP contribution in [0.5, 0.6) is 0 Å². The smallest absolute Gasteiger partial charge is 0.366 e. The molecular formula is C24H20Cl3F6NOS. The van der Waals surface area contributed by atoms with Crippen LogP contribution in [0.4, 0.5) is 26.3 Å². The number of amides is 1. The first-order chi connectivity index (χ1) is 16.6. The summed E-state index contributed by atoms with van der Waals surface area (Å²) in [5.41, 5.74) is 2.33. The highest BCUT2D eigenvalue weighted by atomic mass is 35.5. The highest BCUT2D eigenvalue weighted by molar-refractivity contribution is 7.99. The summed E-state index contributed by atoms with van der Waals surface area (Å²) in [6, 6.07) is 3.98. The van der Waals surface area contributed by atoms with Crippen LogP contribution >= 0.6 is 46.6 Å². The fraction of sp³-hybridized carbons (Fsp3) is 0.292. The first-order valence-corrected chi connectivity index (χ1v) is 12.5. The molecule has 1 unspecified atom stereocenters. The van der Waals surface area contributed by atoms with Gasteiger partial charge in [0.25, 0.3) is 0 Å². The van der Waals surface area contributed by atoms with Crippen LogP contribution in [0.2, 0.25) is 15.1 Å². The molecule has 2 aromatic carbocycles. The van der Waals surface area contributed by atoms with Gasteiger partial charge >= 0.3 is 12.4 Å². The van der Waals surface area contributed by atoms with E-state index >= 15 is 0 Å². The lowest BCUT2D eigenvalue weighted by Crippen LogP contribution is -2.23. The van der Waals surface area contributed by atoms with Crippen LogP contribution in [-0.2, 0) is 6.18 Å². The molecule has 0 spiro atoms. The van der Waals surface area contributed by atoms with Gasteiger partial charge in [-0.05, 0) is 40.8 Å². The number of primary amides is 1. The Bertz CT molecular complexity index is 1140. The number of alkyl halides is 6. The third kappa shape index (κ3) is 7.37. The van der Waals surface area contributed by atoms with Crippen LogP contribution in [-0.4, -0.2) is 23.6 Å². The van der Waals surface area contributed by atoms with E-state index in [1.54, 1.807) is 6.08 Å². The minimum absolute atomic E-state index is 0.128. The first kappa shape index (κ1) is 30.4. The average molecular weight is 591 g/mol. The van der Waals surface area contributed by atoms with Gasteiger partial charge < -0.3 is 5.73 Å². The summed E-state index contributed by atoms with van der Waals surface area (Å²) in [4.78, 5) is 11.8. The molecule has 2 atom stereocenters. The van der Waals surface area contributed by atoms with E-state index in [0.29, 0.717) is 11.8 Å². The first-order valence-electron chi connectivity index (χ1n) is 10.2. The van der Waals surface area contributed by atoms with Gasteiger partial charge in [-0.2, -0.15) is 38.1 Å². The Hall–Kier alpha value is -1.81. The van der Waals surface area contributed by atoms with E-state index in [0.717, 1.165) is 30.3 Å². The Kier molecular flexibility index (Phi) is 10.3. The molecule has 36 heavy (non-hydrogen) atoms. The van der Waals surface area contributed by atoms with Crippen LogP contribution in [0.1, 0.15) is 51.4 Å². The predicted octanol–water partition coefficient (Wildman–Crippen LogP) is 9.15. The quantitative estimate of drug-likeness (QED) is 0.137. The molecule has 0 aliphatic heterocycles. The number of rotatable bonds is 9. The van der Waals surface area contributed by atoms with E-state index in [1.165, 1.54) is 18.7 Å². The number of halogens is 9. The second-order valence-corrected chi connectivity index (χ2v) is 10.0. The third-order valence-corrected chi connectivity index (χ3v) is 7.51. The second kappa shape index (κ2) is 12.2. The Morgan fingerprint density at radius 3 is 2.17 bits per heavy atom. The second-order valence-electron chi connectivity index (χ2n) is 7.76. The molecule has 2 aromatic rings. The monoisotopic (exact) mass is 589 g/mol. The van der Waals surface area contributed by atoms with Crippen molar-refractivity contribution in [3.8, 4) is 0 Å². The lowest BCUT2D eigenvalue weighted by Gasteiger charge is -2.23. The molecule has 0 heterocycles. The maximum Gasteiger partial charge on any atom is 0.417 e. The normalized spacial score (nSPS) is 14.2. The molecule has 0 aliphatic carbocycles. The van der Waals surface area contributed by atoms with Crippen molar-refractivity contribution in [2.75, 3.05) is 11.5 Å². The fourth-order valence-electron chi connectivity index (χ4n) is 3.60. The van der Waals surface area contributed by atoms with Gasteiger partial charge in [0.05, 0.1) is 32.1 Å². The van der Waals surface area contributed by atoms with E-state index in [2.05, 4.69) is 6.58 Å². The Morgan fingerprint density at radius 1 is 1.11 bits per heavy atom. The number of hydrogen-bond donors (Lipinski definition) is 1. The van der Waals surface area contributed by atoms with E-state index in [1.807, 2.05) is 0 Å². The molecule has 12 heteroatoms. The number of benzene rings is 2. The molecule has 0 aliphatic rings. The summed E-state index contributed by atoms with van der Waals surface area (Å²) >= 11 is 18.9. The number of carbonyl (C=O) groups is 1. The minimum Gasteiger partial charge on any atom is -0.366 e. The average Bonchev–Trinajstić information content (AvgIpc) is 2.75. The molecule has 2 N–H and O–H groups in total. The molecular weight excluding hydrogens is 571 g/mol. The third-order valence-electron chi connectivity index (χ3n) is 5.11. The molecule has 0 aromatic heterocycles. The zero-order valence-electron chi connectivity index (χ0n) is 18.6. The molecule has 0 fully saturated rings. The standard InChI is InChI=1S/C24H20Cl3F6NOS/c1-3-8-36-11-12(2)19-13(4-6-15(22(34)35)20(19)24(31,32)33)5-7-16(23(28,29)30)14-9-17(25)21(27)18(26)10-14/h3-7,9-10,12,16H,1,8,11H2,2H3,(H2,34,35)/b7-5+/t12-,16?/m0/s1. The SMILES string of the molecule is C=CCSC[C@H](C)c1c(/C=C/C(c2cc(Cl)c(Cl)c(Cl)c2)C(F)(F)F)ccc(C(N)=O)c1C(F)(F)F. The number of carbonyl (C=O) groups excluding carboxylic acids is 1. The topological polar surface area (TPSA) is 43.1 Å². The van der Waals surface area contributed by atoms with Crippen molar-refractivity contribution >= 4 is 58.5 Å². The molecule has 196 valence electrons. The summed E-state index contributed by atoms with van der Waals surface area (Å²) in [5, 5.41) is -0.543. The lowest BCUT2D eigenvalue weighted by atomic mass is 9.87. The van der Waals surface area contributed by atoms with Crippen LogP contribution < -0.4 is 5.73 Å². The van der Waals surface area contributed by atoms with Crippen molar-refractivity contribution in [1.82, 2.24) is 0 Å². The highest BCUT2D eigenvalue weighted by Crippen LogP contribution is 2.43. The molecule has 2 nitrogen and oxygen atoms in total. The molecule has 0 bridgehead atoms. The lowest BCUT2D eigenvalue weighted by molar-refractivity contribution is -0.140. The van der Waals surface area contributed by atoms with Crippen molar-refractivity contribution in [2.45, 2.75) is 31.1 Å². The predicted molar refractivity (Wildman–Crippen MR) is 135 cm³/mol. The van der Waals surface area contributed by atoms with E-state index < -0.39 is 41.2 Å². The van der Waals surface area contributed by atoms with Gasteiger partial charge in [0.1, 0.15) is 0 Å². The van der Waals surface area contributed by atoms with Crippen LogP contribution in [0, 0.1) is 0 Å². The Labute approximate surface area is 223 Å². The molecule has 2 rings (SSSR count). The van der Waals surface area contributed by atoms with Crippen molar-refractivity contribution in [2.24, 2.45) is 5.73 Å². The van der Waals surface area contributed by atoms with E-state index in [-0.39, 0.29) is 37.5 Å². The largest absolute Gasteiger partial charge is 0.417 e. The maximum absolute atomic E-state index is 14.1. The van der Waals surface area contributed by atoms with Gasteiger partial charge in [0, 0.05) is 11.5 Å². The van der Waals surface area contributed by atoms with Crippen molar-refractivity contribution < 1.29 is 31.1 Å². The molecule has 0 saturated carbocycles. The number of allylic oxidation sites excluding steroid dienone is 1. The van der Waals surface area contributed by atoms with Gasteiger partial charge in [0.2, 0.25) is 5.91 Å². The molecule has 1 amide bonds. The Morgan fingerprint density at radius 2 is 1.69 bits per heavy atom. The zero-order valence-corrected chi connectivity index (χ0v) is 21.7. The zero-order chi connectivity index (χ0) is 27.4. The highest BCUT2D eigenvalue weighted by Gasteiger charge is 2.41. The summed E-state index contributed by atoms with van der Waals surface area (Å²) < 4.78 is 84.2. The molecule has 0 saturated heterocycles. The Balaban J connectivity index is 2.74. The van der Waals surface area contributed by atoms with Gasteiger partial charge in [-0.3, -0.25) is 4.79 Å². The van der Waals surface area contributed by atoms with Crippen molar-refractivity contribution in [3.05, 3.63) is 85.9 Å². The van der Waals surface area contributed by atoms with Gasteiger partial charge in [-0.15, -0.1) is 6.58 Å². The van der Waals surface area contributed by atoms with Crippen LogP contribution in [0.25, 0.3) is 6.08 Å². The maximum atomic E-state index is 14.1. The summed E-state index contributed by atoms with van der Waals surface area (Å²) in [6.45, 7) is 5.04. The van der Waals surface area contributed by atoms with E-state index in [9.17, 15) is 31.1 Å². The number of nitrogens with two attached hydrogens (primary N) is 1. The molecule has 0 radical (unpaired) electrons. The summed E-state index contributed by atoms with van der Waals surface area (Å²) in [5.74, 6) is -3.73. The van der Waals surface area contributed by atoms with Crippen molar-refractivity contribution in [1.29, 1.82) is 0 Å². The number of hydrogen-bond acceptors (Lipinski definition) is 2. The van der Waals surface area contributed by atoms with Gasteiger partial charge in [-0.25, -0.2) is 0 Å².